The normalized spacial score (nSPS) is 24.8. The van der Waals surface area contributed by atoms with Gasteiger partial charge in [0.1, 0.15) is 6.10 Å². The summed E-state index contributed by atoms with van der Waals surface area (Å²) in [5.41, 5.74) is 1.96. The number of esters is 1. The molecule has 0 saturated carbocycles. The van der Waals surface area contributed by atoms with Crippen LogP contribution in [0.4, 0.5) is 0 Å². The Kier molecular flexibility index (Phi) is 3.15. The van der Waals surface area contributed by atoms with Crippen LogP contribution in [0.3, 0.4) is 0 Å². The first-order chi connectivity index (χ1) is 6.02. The van der Waals surface area contributed by atoms with Crippen molar-refractivity contribution < 1.29 is 9.53 Å². The molecule has 1 heterocycles. The summed E-state index contributed by atoms with van der Waals surface area (Å²) in [6.07, 6.45) is 2.01. The zero-order chi connectivity index (χ0) is 10.0. The molecular formula is C10H13ClO2. The average Bonchev–Trinajstić information content (AvgIpc) is 2.08. The Morgan fingerprint density at radius 2 is 2.23 bits per heavy atom. The largest absolute Gasteiger partial charge is 0.453 e. The topological polar surface area (TPSA) is 26.3 Å². The highest BCUT2D eigenvalue weighted by atomic mass is 35.5. The average molecular weight is 201 g/mol. The van der Waals surface area contributed by atoms with Crippen LogP contribution < -0.4 is 0 Å². The molecule has 0 aromatic carbocycles. The van der Waals surface area contributed by atoms with E-state index in [9.17, 15) is 4.79 Å². The van der Waals surface area contributed by atoms with Crippen LogP contribution in [0.1, 0.15) is 27.2 Å². The van der Waals surface area contributed by atoms with Crippen LogP contribution in [0.25, 0.3) is 0 Å². The van der Waals surface area contributed by atoms with E-state index in [1.807, 2.05) is 19.9 Å². The predicted molar refractivity (Wildman–Crippen MR) is 52.5 cm³/mol. The second-order valence-electron chi connectivity index (χ2n) is 3.24. The van der Waals surface area contributed by atoms with Gasteiger partial charge in [-0.25, -0.2) is 0 Å². The molecule has 1 atom stereocenters. The van der Waals surface area contributed by atoms with Crippen LogP contribution in [0.2, 0.25) is 0 Å². The molecule has 72 valence electrons. The number of rotatable bonds is 1. The van der Waals surface area contributed by atoms with Crippen molar-refractivity contribution in [2.45, 2.75) is 33.3 Å². The van der Waals surface area contributed by atoms with Gasteiger partial charge in [0.15, 0.2) is 0 Å². The molecule has 0 radical (unpaired) electrons. The summed E-state index contributed by atoms with van der Waals surface area (Å²) < 4.78 is 5.17. The molecule has 0 bridgehead atoms. The van der Waals surface area contributed by atoms with Gasteiger partial charge >= 0.3 is 5.97 Å². The lowest BCUT2D eigenvalue weighted by Crippen LogP contribution is -2.24. The Labute approximate surface area is 83.2 Å². The molecule has 1 aliphatic rings. The van der Waals surface area contributed by atoms with E-state index in [1.54, 1.807) is 6.92 Å². The number of carbonyl (C=O) groups excluding carboxylic acids is 1. The van der Waals surface area contributed by atoms with Gasteiger partial charge in [0.2, 0.25) is 0 Å². The first-order valence-corrected chi connectivity index (χ1v) is 4.59. The van der Waals surface area contributed by atoms with Crippen molar-refractivity contribution >= 4 is 17.6 Å². The number of carbonyl (C=O) groups is 1. The van der Waals surface area contributed by atoms with E-state index >= 15 is 0 Å². The van der Waals surface area contributed by atoms with Crippen molar-refractivity contribution in [3.8, 4) is 0 Å². The van der Waals surface area contributed by atoms with Crippen molar-refractivity contribution in [1.29, 1.82) is 0 Å². The number of hydrogen-bond acceptors (Lipinski definition) is 2. The molecule has 0 saturated heterocycles. The molecule has 1 rings (SSSR count). The van der Waals surface area contributed by atoms with Gasteiger partial charge in [-0.1, -0.05) is 17.7 Å². The highest BCUT2D eigenvalue weighted by molar-refractivity contribution is 6.29. The zero-order valence-corrected chi connectivity index (χ0v) is 8.81. The van der Waals surface area contributed by atoms with Crippen LogP contribution in [0.5, 0.6) is 0 Å². The molecule has 13 heavy (non-hydrogen) atoms. The fourth-order valence-electron chi connectivity index (χ4n) is 1.23. The second kappa shape index (κ2) is 3.97. The maximum atomic E-state index is 11.0. The molecule has 0 aliphatic carbocycles. The molecule has 1 unspecified atom stereocenters. The first kappa shape index (κ1) is 10.3. The second-order valence-corrected chi connectivity index (χ2v) is 3.81. The van der Waals surface area contributed by atoms with E-state index in [0.29, 0.717) is 11.5 Å². The summed E-state index contributed by atoms with van der Waals surface area (Å²) in [4.78, 5) is 11.0. The highest BCUT2D eigenvalue weighted by Crippen LogP contribution is 2.24. The number of cyclic esters (lactones) is 1. The molecule has 0 amide bonds. The zero-order valence-electron chi connectivity index (χ0n) is 8.06. The van der Waals surface area contributed by atoms with Gasteiger partial charge in [0.25, 0.3) is 0 Å². The third-order valence-electron chi connectivity index (χ3n) is 2.19. The lowest BCUT2D eigenvalue weighted by molar-refractivity contribution is -0.145. The molecule has 0 fully saturated rings. The lowest BCUT2D eigenvalue weighted by Gasteiger charge is -2.23. The number of hydrogen-bond donors (Lipinski definition) is 0. The molecule has 2 nitrogen and oxygen atoms in total. The number of ether oxygens (including phenoxy) is 1. The highest BCUT2D eigenvalue weighted by Gasteiger charge is 2.22. The standard InChI is InChI=1S/C10H13ClO2/c1-6-4-5-9(12)13-10(6)7(2)8(3)11/h4,10H,5H2,1-3H3/b8-7-. The van der Waals surface area contributed by atoms with Crippen LogP contribution in [-0.2, 0) is 9.53 Å². The Balaban J connectivity index is 2.92. The quantitative estimate of drug-likeness (QED) is 0.481. The summed E-state index contributed by atoms with van der Waals surface area (Å²) in [6.45, 7) is 5.62. The van der Waals surface area contributed by atoms with Crippen molar-refractivity contribution in [2.24, 2.45) is 0 Å². The summed E-state index contributed by atoms with van der Waals surface area (Å²) in [7, 11) is 0. The smallest absolute Gasteiger partial charge is 0.310 e. The SMILES string of the molecule is CC1=CCC(=O)OC1/C(C)=C(/C)Cl. The molecule has 0 aromatic rings. The Morgan fingerprint density at radius 3 is 2.77 bits per heavy atom. The molecule has 0 aromatic heterocycles. The molecule has 0 N–H and O–H groups in total. The maximum Gasteiger partial charge on any atom is 0.310 e. The molecule has 0 spiro atoms. The summed E-state index contributed by atoms with van der Waals surface area (Å²) in [5.74, 6) is -0.187. The van der Waals surface area contributed by atoms with Crippen molar-refractivity contribution in [3.63, 3.8) is 0 Å². The molecular weight excluding hydrogens is 188 g/mol. The lowest BCUT2D eigenvalue weighted by atomic mass is 10.0. The number of allylic oxidation sites excluding steroid dienone is 1. The minimum Gasteiger partial charge on any atom is -0.453 e. The van der Waals surface area contributed by atoms with Crippen LogP contribution >= 0.6 is 11.6 Å². The number of halogens is 1. The fraction of sp³-hybridized carbons (Fsp3) is 0.500. The van der Waals surface area contributed by atoms with Gasteiger partial charge in [-0.15, -0.1) is 0 Å². The van der Waals surface area contributed by atoms with Crippen LogP contribution in [-0.4, -0.2) is 12.1 Å². The Bertz CT molecular complexity index is 285. The van der Waals surface area contributed by atoms with Crippen molar-refractivity contribution in [1.82, 2.24) is 0 Å². The third-order valence-corrected chi connectivity index (χ3v) is 2.49. The Morgan fingerprint density at radius 1 is 1.62 bits per heavy atom. The van der Waals surface area contributed by atoms with E-state index in [2.05, 4.69) is 0 Å². The first-order valence-electron chi connectivity index (χ1n) is 4.21. The van der Waals surface area contributed by atoms with Crippen LogP contribution in [0, 0.1) is 0 Å². The Hall–Kier alpha value is -0.760. The summed E-state index contributed by atoms with van der Waals surface area (Å²) in [5, 5.41) is 0.687. The van der Waals surface area contributed by atoms with Gasteiger partial charge in [-0.3, -0.25) is 4.79 Å². The third kappa shape index (κ3) is 2.34. The van der Waals surface area contributed by atoms with Crippen molar-refractivity contribution in [2.75, 3.05) is 0 Å². The van der Waals surface area contributed by atoms with E-state index in [0.717, 1.165) is 11.1 Å². The van der Waals surface area contributed by atoms with E-state index in [4.69, 9.17) is 16.3 Å². The summed E-state index contributed by atoms with van der Waals surface area (Å²) >= 11 is 5.84. The minimum atomic E-state index is -0.251. The maximum absolute atomic E-state index is 11.0. The van der Waals surface area contributed by atoms with E-state index < -0.39 is 0 Å². The van der Waals surface area contributed by atoms with Crippen molar-refractivity contribution in [3.05, 3.63) is 22.3 Å². The predicted octanol–water partition coefficient (Wildman–Crippen LogP) is 2.78. The van der Waals surface area contributed by atoms with Gasteiger partial charge in [0, 0.05) is 5.03 Å². The molecule has 1 aliphatic heterocycles. The van der Waals surface area contributed by atoms with E-state index in [-0.39, 0.29) is 12.1 Å². The van der Waals surface area contributed by atoms with E-state index in [1.165, 1.54) is 0 Å². The van der Waals surface area contributed by atoms with Crippen LogP contribution in [0.15, 0.2) is 22.3 Å². The van der Waals surface area contributed by atoms with Gasteiger partial charge in [0.05, 0.1) is 6.42 Å². The monoisotopic (exact) mass is 200 g/mol. The van der Waals surface area contributed by atoms with Gasteiger partial charge in [-0.05, 0) is 31.9 Å². The van der Waals surface area contributed by atoms with Gasteiger partial charge in [-0.2, -0.15) is 0 Å². The van der Waals surface area contributed by atoms with Gasteiger partial charge < -0.3 is 4.74 Å². The summed E-state index contributed by atoms with van der Waals surface area (Å²) in [6, 6.07) is 0. The minimum absolute atomic E-state index is 0.187. The molecule has 3 heteroatoms. The fourth-order valence-corrected chi connectivity index (χ4v) is 1.33.